The molecule has 0 saturated heterocycles. The molecular formula is C17H16F2N2O3. The fourth-order valence-corrected chi connectivity index (χ4v) is 2.07. The molecule has 2 aromatic rings. The maximum atomic E-state index is 13.5. The van der Waals surface area contributed by atoms with E-state index in [0.29, 0.717) is 11.3 Å². The zero-order chi connectivity index (χ0) is 17.7. The molecule has 3 N–H and O–H groups in total. The van der Waals surface area contributed by atoms with Crippen LogP contribution in [0, 0.1) is 18.6 Å². The number of amides is 2. The Morgan fingerprint density at radius 3 is 2.50 bits per heavy atom. The van der Waals surface area contributed by atoms with Gasteiger partial charge >= 0.3 is 11.8 Å². The van der Waals surface area contributed by atoms with Gasteiger partial charge in [-0.25, -0.2) is 8.78 Å². The highest BCUT2D eigenvalue weighted by molar-refractivity contribution is 6.39. The van der Waals surface area contributed by atoms with Gasteiger partial charge in [0.15, 0.2) is 0 Å². The molecule has 0 aliphatic carbocycles. The number of carbonyl (C=O) groups excluding carboxylic acids is 2. The molecule has 0 bridgehead atoms. The molecule has 1 atom stereocenters. The number of aliphatic hydroxyl groups excluding tert-OH is 1. The molecule has 0 heterocycles. The SMILES string of the molecule is Cc1cc(F)ccc1NC(=O)C(=O)NCC(O)c1ccccc1F. The van der Waals surface area contributed by atoms with Crippen molar-refractivity contribution in [3.05, 3.63) is 65.2 Å². The zero-order valence-corrected chi connectivity index (χ0v) is 12.8. The molecule has 0 aromatic heterocycles. The number of anilines is 1. The lowest BCUT2D eigenvalue weighted by Crippen LogP contribution is -2.37. The fraction of sp³-hybridized carbons (Fsp3) is 0.176. The predicted molar refractivity (Wildman–Crippen MR) is 84.1 cm³/mol. The molecular weight excluding hydrogens is 318 g/mol. The first kappa shape index (κ1) is 17.6. The lowest BCUT2D eigenvalue weighted by Gasteiger charge is -2.13. The van der Waals surface area contributed by atoms with Crippen LogP contribution in [0.25, 0.3) is 0 Å². The van der Waals surface area contributed by atoms with Crippen LogP contribution in [-0.2, 0) is 9.59 Å². The molecule has 2 aromatic carbocycles. The minimum atomic E-state index is -1.28. The van der Waals surface area contributed by atoms with E-state index in [0.717, 1.165) is 6.07 Å². The molecule has 5 nitrogen and oxygen atoms in total. The maximum absolute atomic E-state index is 13.5. The second-order valence-corrected chi connectivity index (χ2v) is 5.16. The van der Waals surface area contributed by atoms with Gasteiger partial charge in [-0.05, 0) is 36.8 Å². The molecule has 0 radical (unpaired) electrons. The molecule has 2 rings (SSSR count). The van der Waals surface area contributed by atoms with Crippen molar-refractivity contribution in [3.63, 3.8) is 0 Å². The summed E-state index contributed by atoms with van der Waals surface area (Å²) < 4.78 is 26.5. The van der Waals surface area contributed by atoms with E-state index < -0.39 is 29.6 Å². The highest BCUT2D eigenvalue weighted by atomic mass is 19.1. The van der Waals surface area contributed by atoms with Gasteiger partial charge in [0.1, 0.15) is 11.6 Å². The summed E-state index contributed by atoms with van der Waals surface area (Å²) in [5.74, 6) is -3.02. The van der Waals surface area contributed by atoms with E-state index in [1.807, 2.05) is 0 Å². The van der Waals surface area contributed by atoms with Crippen LogP contribution in [0.3, 0.4) is 0 Å². The number of carbonyl (C=O) groups is 2. The summed E-state index contributed by atoms with van der Waals surface area (Å²) >= 11 is 0. The minimum absolute atomic E-state index is 0.0209. The standard InChI is InChI=1S/C17H16F2N2O3/c1-10-8-11(18)6-7-14(10)21-17(24)16(23)20-9-15(22)12-4-2-3-5-13(12)19/h2-8,15,22H,9H2,1H3,(H,20,23)(H,21,24). The summed E-state index contributed by atoms with van der Waals surface area (Å²) in [6.45, 7) is 1.26. The number of nitrogens with one attached hydrogen (secondary N) is 2. The molecule has 0 saturated carbocycles. The van der Waals surface area contributed by atoms with Crippen LogP contribution in [0.2, 0.25) is 0 Å². The minimum Gasteiger partial charge on any atom is -0.386 e. The normalized spacial score (nSPS) is 11.7. The van der Waals surface area contributed by atoms with Crippen molar-refractivity contribution in [1.82, 2.24) is 5.32 Å². The predicted octanol–water partition coefficient (Wildman–Crippen LogP) is 2.06. The molecule has 7 heteroatoms. The Morgan fingerprint density at radius 2 is 1.83 bits per heavy atom. The first-order valence-electron chi connectivity index (χ1n) is 7.16. The molecule has 0 aliphatic rings. The number of benzene rings is 2. The van der Waals surface area contributed by atoms with Crippen LogP contribution in [-0.4, -0.2) is 23.5 Å². The number of hydrogen-bond donors (Lipinski definition) is 3. The van der Waals surface area contributed by atoms with Crippen LogP contribution in [0.4, 0.5) is 14.5 Å². The van der Waals surface area contributed by atoms with Crippen molar-refractivity contribution in [2.45, 2.75) is 13.0 Å². The average molecular weight is 334 g/mol. The number of aryl methyl sites for hydroxylation is 1. The van der Waals surface area contributed by atoms with Gasteiger partial charge in [0, 0.05) is 17.8 Å². The van der Waals surface area contributed by atoms with Crippen molar-refractivity contribution >= 4 is 17.5 Å². The highest BCUT2D eigenvalue weighted by Gasteiger charge is 2.18. The van der Waals surface area contributed by atoms with E-state index in [1.165, 1.54) is 30.3 Å². The van der Waals surface area contributed by atoms with E-state index in [9.17, 15) is 23.5 Å². The Labute approximate surface area is 137 Å². The largest absolute Gasteiger partial charge is 0.386 e. The van der Waals surface area contributed by atoms with Gasteiger partial charge in [-0.3, -0.25) is 9.59 Å². The highest BCUT2D eigenvalue weighted by Crippen LogP contribution is 2.16. The number of hydrogen-bond acceptors (Lipinski definition) is 3. The summed E-state index contributed by atoms with van der Waals surface area (Å²) in [4.78, 5) is 23.5. The maximum Gasteiger partial charge on any atom is 0.313 e. The molecule has 2 amide bonds. The van der Waals surface area contributed by atoms with Gasteiger partial charge < -0.3 is 15.7 Å². The van der Waals surface area contributed by atoms with E-state index in [2.05, 4.69) is 10.6 Å². The first-order valence-corrected chi connectivity index (χ1v) is 7.16. The lowest BCUT2D eigenvalue weighted by molar-refractivity contribution is -0.136. The van der Waals surface area contributed by atoms with Gasteiger partial charge in [-0.1, -0.05) is 18.2 Å². The molecule has 126 valence electrons. The number of rotatable bonds is 4. The lowest BCUT2D eigenvalue weighted by atomic mass is 10.1. The van der Waals surface area contributed by atoms with E-state index in [1.54, 1.807) is 13.0 Å². The van der Waals surface area contributed by atoms with Gasteiger partial charge in [0.25, 0.3) is 0 Å². The van der Waals surface area contributed by atoms with Crippen molar-refractivity contribution in [2.75, 3.05) is 11.9 Å². The summed E-state index contributed by atoms with van der Waals surface area (Å²) in [5, 5.41) is 14.4. The fourth-order valence-electron chi connectivity index (χ4n) is 2.07. The molecule has 24 heavy (non-hydrogen) atoms. The third-order valence-electron chi connectivity index (χ3n) is 3.36. The summed E-state index contributed by atoms with van der Waals surface area (Å²) in [7, 11) is 0. The van der Waals surface area contributed by atoms with Crippen molar-refractivity contribution in [3.8, 4) is 0 Å². The third kappa shape index (κ3) is 4.36. The van der Waals surface area contributed by atoms with Gasteiger partial charge in [0.2, 0.25) is 0 Å². The Kier molecular flexibility index (Phi) is 5.59. The monoisotopic (exact) mass is 334 g/mol. The van der Waals surface area contributed by atoms with E-state index in [-0.39, 0.29) is 12.1 Å². The van der Waals surface area contributed by atoms with Gasteiger partial charge in [0.05, 0.1) is 6.10 Å². The second-order valence-electron chi connectivity index (χ2n) is 5.16. The van der Waals surface area contributed by atoms with Gasteiger partial charge in [-0.2, -0.15) is 0 Å². The zero-order valence-electron chi connectivity index (χ0n) is 12.8. The number of halogens is 2. The molecule has 0 aliphatic heterocycles. The molecule has 0 spiro atoms. The van der Waals surface area contributed by atoms with Crippen LogP contribution >= 0.6 is 0 Å². The topological polar surface area (TPSA) is 78.4 Å². The average Bonchev–Trinajstić information content (AvgIpc) is 2.55. The Balaban J connectivity index is 1.92. The van der Waals surface area contributed by atoms with Crippen molar-refractivity contribution < 1.29 is 23.5 Å². The summed E-state index contributed by atoms with van der Waals surface area (Å²) in [6, 6.07) is 9.30. The Morgan fingerprint density at radius 1 is 1.12 bits per heavy atom. The molecule has 0 fully saturated rings. The third-order valence-corrected chi connectivity index (χ3v) is 3.36. The first-order chi connectivity index (χ1) is 11.4. The van der Waals surface area contributed by atoms with E-state index in [4.69, 9.17) is 0 Å². The van der Waals surface area contributed by atoms with Crippen LogP contribution in [0.15, 0.2) is 42.5 Å². The van der Waals surface area contributed by atoms with Crippen LogP contribution < -0.4 is 10.6 Å². The van der Waals surface area contributed by atoms with Crippen LogP contribution in [0.1, 0.15) is 17.2 Å². The van der Waals surface area contributed by atoms with Gasteiger partial charge in [-0.15, -0.1) is 0 Å². The molecule has 1 unspecified atom stereocenters. The van der Waals surface area contributed by atoms with Crippen molar-refractivity contribution in [1.29, 1.82) is 0 Å². The van der Waals surface area contributed by atoms with Crippen LogP contribution in [0.5, 0.6) is 0 Å². The van der Waals surface area contributed by atoms with Crippen molar-refractivity contribution in [2.24, 2.45) is 0 Å². The number of aliphatic hydroxyl groups is 1. The van der Waals surface area contributed by atoms with E-state index >= 15 is 0 Å². The smallest absolute Gasteiger partial charge is 0.313 e. The Hall–Kier alpha value is -2.80. The quantitative estimate of drug-likeness (QED) is 0.749. The Bertz CT molecular complexity index is 765. The summed E-state index contributed by atoms with van der Waals surface area (Å²) in [6.07, 6.45) is -1.28. The summed E-state index contributed by atoms with van der Waals surface area (Å²) in [5.41, 5.74) is 0.779. The second kappa shape index (κ2) is 7.65.